The number of thioether (sulfide) groups is 2. The van der Waals surface area contributed by atoms with Crippen molar-refractivity contribution in [3.8, 4) is 11.4 Å². The fourth-order valence-corrected chi connectivity index (χ4v) is 4.04. The van der Waals surface area contributed by atoms with Crippen LogP contribution in [0.1, 0.15) is 5.56 Å². The summed E-state index contributed by atoms with van der Waals surface area (Å²) in [6.45, 7) is 0. The van der Waals surface area contributed by atoms with Crippen molar-refractivity contribution >= 4 is 35.1 Å². The lowest BCUT2D eigenvalue weighted by Gasteiger charge is -2.04. The van der Waals surface area contributed by atoms with E-state index in [9.17, 15) is 0 Å². The first kappa shape index (κ1) is 16.4. The largest absolute Gasteiger partial charge is 0.305 e. The summed E-state index contributed by atoms with van der Waals surface area (Å²) in [6, 6.07) is 11.9. The average Bonchev–Trinajstić information content (AvgIpc) is 2.95. The summed E-state index contributed by atoms with van der Waals surface area (Å²) in [5, 5.41) is 11.1. The van der Waals surface area contributed by atoms with E-state index in [0.29, 0.717) is 0 Å². The molecular weight excluding hydrogens is 348 g/mol. The lowest BCUT2D eigenvalue weighted by Crippen LogP contribution is -1.95. The van der Waals surface area contributed by atoms with Gasteiger partial charge in [-0.1, -0.05) is 35.5 Å². The molecule has 0 amide bonds. The van der Waals surface area contributed by atoms with Crippen molar-refractivity contribution < 1.29 is 0 Å². The Hall–Kier alpha value is -1.50. The quantitative estimate of drug-likeness (QED) is 0.366. The molecule has 7 heteroatoms. The highest BCUT2D eigenvalue weighted by atomic mass is 35.5. The maximum absolute atomic E-state index is 5.89. The van der Waals surface area contributed by atoms with E-state index in [0.717, 1.165) is 32.4 Å². The van der Waals surface area contributed by atoms with Gasteiger partial charge in [-0.15, -0.1) is 22.0 Å². The highest BCUT2D eigenvalue weighted by Crippen LogP contribution is 2.26. The van der Waals surface area contributed by atoms with E-state index in [-0.39, 0.29) is 0 Å². The number of nitrogens with zero attached hydrogens (tertiary/aromatic N) is 4. The minimum atomic E-state index is 0.773. The molecule has 0 fully saturated rings. The molecular formula is C16H15ClN4S2. The predicted octanol–water partition coefficient (Wildman–Crippen LogP) is 4.51. The maximum atomic E-state index is 5.89. The highest BCUT2D eigenvalue weighted by Gasteiger charge is 2.10. The van der Waals surface area contributed by atoms with Crippen LogP contribution in [0.15, 0.2) is 53.9 Å². The van der Waals surface area contributed by atoms with Crippen LogP contribution < -0.4 is 0 Å². The minimum Gasteiger partial charge on any atom is -0.305 e. The number of halogens is 1. The summed E-state index contributed by atoms with van der Waals surface area (Å²) >= 11 is 9.43. The highest BCUT2D eigenvalue weighted by molar-refractivity contribution is 8.15. The third-order valence-electron chi connectivity index (χ3n) is 3.21. The molecule has 0 aliphatic heterocycles. The second kappa shape index (κ2) is 7.86. The van der Waals surface area contributed by atoms with Gasteiger partial charge < -0.3 is 4.57 Å². The fourth-order valence-electron chi connectivity index (χ4n) is 2.02. The van der Waals surface area contributed by atoms with Crippen molar-refractivity contribution in [3.63, 3.8) is 0 Å². The van der Waals surface area contributed by atoms with E-state index in [2.05, 4.69) is 27.3 Å². The Morgan fingerprint density at radius 2 is 1.96 bits per heavy atom. The molecule has 0 aliphatic carbocycles. The Balaban J connectivity index is 1.55. The zero-order valence-electron chi connectivity index (χ0n) is 12.5. The van der Waals surface area contributed by atoms with E-state index in [4.69, 9.17) is 11.6 Å². The van der Waals surface area contributed by atoms with Gasteiger partial charge >= 0.3 is 0 Å². The van der Waals surface area contributed by atoms with Gasteiger partial charge in [-0.05, 0) is 29.8 Å². The molecule has 4 nitrogen and oxygen atoms in total. The third-order valence-corrected chi connectivity index (χ3v) is 5.75. The second-order valence-corrected chi connectivity index (χ2v) is 7.57. The van der Waals surface area contributed by atoms with E-state index in [1.807, 2.05) is 47.6 Å². The van der Waals surface area contributed by atoms with E-state index < -0.39 is 0 Å². The zero-order chi connectivity index (χ0) is 16.1. The smallest absolute Gasteiger partial charge is 0.192 e. The van der Waals surface area contributed by atoms with E-state index >= 15 is 0 Å². The summed E-state index contributed by atoms with van der Waals surface area (Å²) in [5.74, 6) is 1.79. The normalized spacial score (nSPS) is 10.9. The molecule has 0 unspecified atom stereocenters. The zero-order valence-corrected chi connectivity index (χ0v) is 14.9. The molecule has 23 heavy (non-hydrogen) atoms. The van der Waals surface area contributed by atoms with Gasteiger partial charge in [-0.2, -0.15) is 0 Å². The van der Waals surface area contributed by atoms with Crippen molar-refractivity contribution in [2.45, 2.75) is 10.9 Å². The van der Waals surface area contributed by atoms with E-state index in [1.54, 1.807) is 24.2 Å². The maximum Gasteiger partial charge on any atom is 0.192 e. The first-order chi connectivity index (χ1) is 11.2. The molecule has 2 aromatic heterocycles. The summed E-state index contributed by atoms with van der Waals surface area (Å²) in [5.41, 5.74) is 2.25. The number of hydrogen-bond donors (Lipinski definition) is 0. The average molecular weight is 363 g/mol. The van der Waals surface area contributed by atoms with Gasteiger partial charge in [0.05, 0.1) is 0 Å². The molecule has 2 heterocycles. The van der Waals surface area contributed by atoms with Crippen molar-refractivity contribution in [3.05, 3.63) is 59.4 Å². The van der Waals surface area contributed by atoms with Crippen LogP contribution in [-0.2, 0) is 12.8 Å². The first-order valence-corrected chi connectivity index (χ1v) is 9.50. The molecule has 0 saturated heterocycles. The molecule has 0 aliphatic rings. The van der Waals surface area contributed by atoms with Crippen LogP contribution in [0, 0.1) is 0 Å². The third kappa shape index (κ3) is 4.28. The molecule has 0 N–H and O–H groups in total. The number of pyridine rings is 1. The number of hydrogen-bond acceptors (Lipinski definition) is 5. The van der Waals surface area contributed by atoms with Crippen molar-refractivity contribution in [2.24, 2.45) is 7.05 Å². The van der Waals surface area contributed by atoms with Crippen LogP contribution in [0.4, 0.5) is 0 Å². The molecule has 1 aromatic carbocycles. The van der Waals surface area contributed by atoms with Crippen molar-refractivity contribution in [1.82, 2.24) is 19.7 Å². The summed E-state index contributed by atoms with van der Waals surface area (Å²) in [6.07, 6.45) is 3.55. The van der Waals surface area contributed by atoms with Gasteiger partial charge in [0.2, 0.25) is 0 Å². The fraction of sp³-hybridized carbons (Fsp3) is 0.188. The van der Waals surface area contributed by atoms with Gasteiger partial charge in [0.15, 0.2) is 11.0 Å². The van der Waals surface area contributed by atoms with Gasteiger partial charge in [-0.3, -0.25) is 4.98 Å². The van der Waals surface area contributed by atoms with Crippen LogP contribution in [0.25, 0.3) is 11.4 Å². The van der Waals surface area contributed by atoms with Crippen LogP contribution in [0.5, 0.6) is 0 Å². The van der Waals surface area contributed by atoms with Crippen molar-refractivity contribution in [1.29, 1.82) is 0 Å². The molecule has 0 atom stereocenters. The Morgan fingerprint density at radius 1 is 1.13 bits per heavy atom. The minimum absolute atomic E-state index is 0.773. The van der Waals surface area contributed by atoms with Gasteiger partial charge in [0.25, 0.3) is 0 Å². The SMILES string of the molecule is Cn1c(SCSCc2ccc(Cl)cc2)nnc1-c1cccnc1. The van der Waals surface area contributed by atoms with Crippen molar-refractivity contribution in [2.75, 3.05) is 5.08 Å². The Morgan fingerprint density at radius 3 is 2.70 bits per heavy atom. The Labute approximate surface area is 148 Å². The van der Waals surface area contributed by atoms with Gasteiger partial charge in [-0.25, -0.2) is 0 Å². The van der Waals surface area contributed by atoms with Gasteiger partial charge in [0, 0.05) is 40.9 Å². The predicted molar refractivity (Wildman–Crippen MR) is 97.7 cm³/mol. The lowest BCUT2D eigenvalue weighted by molar-refractivity contribution is 0.795. The number of benzene rings is 1. The summed E-state index contributed by atoms with van der Waals surface area (Å²) < 4.78 is 2.00. The van der Waals surface area contributed by atoms with Crippen LogP contribution in [0.2, 0.25) is 5.02 Å². The molecule has 3 rings (SSSR count). The lowest BCUT2D eigenvalue weighted by atomic mass is 10.2. The Kier molecular flexibility index (Phi) is 5.59. The second-order valence-electron chi connectivity index (χ2n) is 4.84. The number of aromatic nitrogens is 4. The van der Waals surface area contributed by atoms with Crippen LogP contribution in [-0.4, -0.2) is 24.8 Å². The van der Waals surface area contributed by atoms with Gasteiger partial charge in [0.1, 0.15) is 0 Å². The standard InChI is InChI=1S/C16H15ClN4S2/c1-21-15(13-3-2-8-18-9-13)19-20-16(21)23-11-22-10-12-4-6-14(17)7-5-12/h2-9H,10-11H2,1H3. The molecule has 0 radical (unpaired) electrons. The molecule has 0 bridgehead atoms. The topological polar surface area (TPSA) is 43.6 Å². The van der Waals surface area contributed by atoms with Crippen LogP contribution >= 0.6 is 35.1 Å². The molecule has 0 saturated carbocycles. The van der Waals surface area contributed by atoms with E-state index in [1.165, 1.54) is 5.56 Å². The van der Waals surface area contributed by atoms with Crippen LogP contribution in [0.3, 0.4) is 0 Å². The molecule has 0 spiro atoms. The molecule has 3 aromatic rings. The summed E-state index contributed by atoms with van der Waals surface area (Å²) in [4.78, 5) is 4.13. The number of rotatable bonds is 6. The molecule has 118 valence electrons. The summed E-state index contributed by atoms with van der Waals surface area (Å²) in [7, 11) is 1.98. The Bertz CT molecular complexity index is 760. The first-order valence-electron chi connectivity index (χ1n) is 6.99. The monoisotopic (exact) mass is 362 g/mol.